The van der Waals surface area contributed by atoms with Crippen molar-refractivity contribution in [1.29, 1.82) is 0 Å². The van der Waals surface area contributed by atoms with E-state index in [0.717, 1.165) is 18.5 Å². The van der Waals surface area contributed by atoms with E-state index >= 15 is 0 Å². The molecule has 112 valence electrons. The van der Waals surface area contributed by atoms with E-state index < -0.39 is 0 Å². The molecule has 1 aromatic carbocycles. The normalized spacial score (nSPS) is 22.5. The first kappa shape index (κ1) is 15.7. The maximum Gasteiger partial charge on any atom is 0.124 e. The highest BCUT2D eigenvalue weighted by Gasteiger charge is 2.28. The second-order valence-corrected chi connectivity index (χ2v) is 5.97. The second kappa shape index (κ2) is 7.39. The largest absolute Gasteiger partial charge is 0.329 e. The third kappa shape index (κ3) is 3.51. The molecule has 2 atom stereocenters. The summed E-state index contributed by atoms with van der Waals surface area (Å²) in [5.41, 5.74) is 6.97. The molecular weight excluding hydrogens is 275 g/mol. The molecule has 1 aliphatic heterocycles. The second-order valence-electron chi connectivity index (χ2n) is 5.57. The van der Waals surface area contributed by atoms with Crippen molar-refractivity contribution in [2.75, 3.05) is 13.1 Å². The summed E-state index contributed by atoms with van der Waals surface area (Å²) < 4.78 is 13.2. The Morgan fingerprint density at radius 3 is 2.85 bits per heavy atom. The zero-order valence-electron chi connectivity index (χ0n) is 12.1. The Labute approximate surface area is 126 Å². The van der Waals surface area contributed by atoms with Gasteiger partial charge in [0, 0.05) is 23.7 Å². The molecule has 0 saturated carbocycles. The van der Waals surface area contributed by atoms with E-state index in [1.165, 1.54) is 37.8 Å². The zero-order valence-corrected chi connectivity index (χ0v) is 12.9. The van der Waals surface area contributed by atoms with Crippen molar-refractivity contribution in [2.24, 2.45) is 5.73 Å². The molecule has 1 fully saturated rings. The molecule has 0 amide bonds. The lowest BCUT2D eigenvalue weighted by atomic mass is 10.0. The van der Waals surface area contributed by atoms with E-state index in [1.807, 2.05) is 0 Å². The molecule has 2 rings (SSSR count). The van der Waals surface area contributed by atoms with Crippen LogP contribution in [0, 0.1) is 5.82 Å². The number of rotatable bonds is 4. The maximum absolute atomic E-state index is 13.2. The predicted molar refractivity (Wildman–Crippen MR) is 82.5 cm³/mol. The molecule has 0 radical (unpaired) electrons. The quantitative estimate of drug-likeness (QED) is 0.905. The Morgan fingerprint density at radius 2 is 2.20 bits per heavy atom. The van der Waals surface area contributed by atoms with Crippen molar-refractivity contribution in [3.8, 4) is 0 Å². The van der Waals surface area contributed by atoms with Gasteiger partial charge in [0.2, 0.25) is 0 Å². The van der Waals surface area contributed by atoms with Crippen LogP contribution >= 0.6 is 11.6 Å². The molecule has 0 aromatic heterocycles. The van der Waals surface area contributed by atoms with E-state index in [0.29, 0.717) is 17.6 Å². The molecular formula is C16H24ClFN2. The lowest BCUT2D eigenvalue weighted by Gasteiger charge is -2.36. The highest BCUT2D eigenvalue weighted by molar-refractivity contribution is 6.31. The summed E-state index contributed by atoms with van der Waals surface area (Å²) in [5.74, 6) is -0.294. The van der Waals surface area contributed by atoms with Gasteiger partial charge in [-0.3, -0.25) is 4.90 Å². The zero-order chi connectivity index (χ0) is 14.5. The van der Waals surface area contributed by atoms with Gasteiger partial charge in [0.1, 0.15) is 5.82 Å². The Hall–Kier alpha value is -0.640. The Bertz CT molecular complexity index is 438. The number of nitrogens with zero attached hydrogens (tertiary/aromatic N) is 1. The summed E-state index contributed by atoms with van der Waals surface area (Å²) in [7, 11) is 0. The first-order valence-corrected chi connectivity index (χ1v) is 7.96. The molecule has 1 aromatic rings. The number of halogens is 2. The van der Waals surface area contributed by atoms with Crippen LogP contribution in [0.4, 0.5) is 4.39 Å². The third-order valence-corrected chi connectivity index (χ3v) is 4.67. The topological polar surface area (TPSA) is 29.3 Å². The van der Waals surface area contributed by atoms with Crippen LogP contribution in [0.2, 0.25) is 5.02 Å². The van der Waals surface area contributed by atoms with Crippen LogP contribution in [0.25, 0.3) is 0 Å². The summed E-state index contributed by atoms with van der Waals surface area (Å²) in [6, 6.07) is 5.28. The average Bonchev–Trinajstić information content (AvgIpc) is 2.67. The minimum absolute atomic E-state index is 0.0890. The molecule has 4 heteroatoms. The Balaban J connectivity index is 2.29. The van der Waals surface area contributed by atoms with Gasteiger partial charge in [-0.2, -0.15) is 0 Å². The van der Waals surface area contributed by atoms with Gasteiger partial charge in [-0.1, -0.05) is 37.4 Å². The van der Waals surface area contributed by atoms with E-state index in [2.05, 4.69) is 11.8 Å². The predicted octanol–water partition coefficient (Wildman–Crippen LogP) is 4.13. The summed E-state index contributed by atoms with van der Waals surface area (Å²) in [6.07, 6.45) is 6.10. The van der Waals surface area contributed by atoms with Crippen LogP contribution in [0.3, 0.4) is 0 Å². The van der Waals surface area contributed by atoms with Gasteiger partial charge in [0.05, 0.1) is 0 Å². The molecule has 1 aliphatic rings. The highest BCUT2D eigenvalue weighted by atomic mass is 35.5. The molecule has 2 unspecified atom stereocenters. The number of hydrogen-bond donors (Lipinski definition) is 1. The molecule has 1 saturated heterocycles. The van der Waals surface area contributed by atoms with Crippen molar-refractivity contribution in [3.05, 3.63) is 34.6 Å². The Kier molecular flexibility index (Phi) is 5.82. The van der Waals surface area contributed by atoms with Crippen LogP contribution in [0.1, 0.15) is 50.6 Å². The number of nitrogens with two attached hydrogens (primary N) is 1. The number of benzene rings is 1. The lowest BCUT2D eigenvalue weighted by molar-refractivity contribution is 0.136. The summed E-state index contributed by atoms with van der Waals surface area (Å²) in [5, 5.41) is 0.486. The van der Waals surface area contributed by atoms with Crippen LogP contribution in [0.15, 0.2) is 18.2 Å². The fourth-order valence-electron chi connectivity index (χ4n) is 3.26. The maximum atomic E-state index is 13.2. The molecule has 0 bridgehead atoms. The van der Waals surface area contributed by atoms with E-state index in [9.17, 15) is 4.39 Å². The van der Waals surface area contributed by atoms with Gasteiger partial charge >= 0.3 is 0 Å². The van der Waals surface area contributed by atoms with Gasteiger partial charge in [-0.15, -0.1) is 0 Å². The van der Waals surface area contributed by atoms with Crippen molar-refractivity contribution in [2.45, 2.75) is 51.1 Å². The van der Waals surface area contributed by atoms with Crippen molar-refractivity contribution >= 4 is 11.6 Å². The molecule has 2 nitrogen and oxygen atoms in total. The molecule has 0 aliphatic carbocycles. The summed E-state index contributed by atoms with van der Waals surface area (Å²) in [6.45, 7) is 3.79. The molecule has 20 heavy (non-hydrogen) atoms. The fourth-order valence-corrected chi connectivity index (χ4v) is 3.55. The van der Waals surface area contributed by atoms with Gasteiger partial charge in [0.15, 0.2) is 0 Å². The summed E-state index contributed by atoms with van der Waals surface area (Å²) >= 11 is 6.23. The van der Waals surface area contributed by atoms with Crippen LogP contribution in [-0.2, 0) is 0 Å². The fraction of sp³-hybridized carbons (Fsp3) is 0.625. The minimum atomic E-state index is -0.294. The minimum Gasteiger partial charge on any atom is -0.329 e. The van der Waals surface area contributed by atoms with Crippen molar-refractivity contribution < 1.29 is 4.39 Å². The third-order valence-electron chi connectivity index (χ3n) is 4.34. The SMILES string of the molecule is CCC1CCCCCN1C(CN)c1ccc(F)cc1Cl. The van der Waals surface area contributed by atoms with Gasteiger partial charge in [-0.05, 0) is 43.5 Å². The van der Waals surface area contributed by atoms with Crippen LogP contribution in [-0.4, -0.2) is 24.0 Å². The van der Waals surface area contributed by atoms with Crippen molar-refractivity contribution in [1.82, 2.24) is 4.90 Å². The standard InChI is InChI=1S/C16H24ClFN2/c1-2-13-6-4-3-5-9-20(13)16(11-19)14-8-7-12(18)10-15(14)17/h7-8,10,13,16H,2-6,9,11,19H2,1H3. The smallest absolute Gasteiger partial charge is 0.124 e. The van der Waals surface area contributed by atoms with E-state index in [4.69, 9.17) is 17.3 Å². The first-order chi connectivity index (χ1) is 9.67. The van der Waals surface area contributed by atoms with Crippen molar-refractivity contribution in [3.63, 3.8) is 0 Å². The Morgan fingerprint density at radius 1 is 1.40 bits per heavy atom. The van der Waals surface area contributed by atoms with Crippen LogP contribution < -0.4 is 5.73 Å². The van der Waals surface area contributed by atoms with E-state index in [1.54, 1.807) is 6.07 Å². The van der Waals surface area contributed by atoms with Gasteiger partial charge < -0.3 is 5.73 Å². The first-order valence-electron chi connectivity index (χ1n) is 7.58. The highest BCUT2D eigenvalue weighted by Crippen LogP contribution is 2.32. The average molecular weight is 299 g/mol. The number of likely N-dealkylation sites (tertiary alicyclic amines) is 1. The van der Waals surface area contributed by atoms with Gasteiger partial charge in [-0.25, -0.2) is 4.39 Å². The van der Waals surface area contributed by atoms with Crippen LogP contribution in [0.5, 0.6) is 0 Å². The molecule has 2 N–H and O–H groups in total. The summed E-state index contributed by atoms with van der Waals surface area (Å²) in [4.78, 5) is 2.48. The molecule has 0 spiro atoms. The van der Waals surface area contributed by atoms with E-state index in [-0.39, 0.29) is 11.9 Å². The monoisotopic (exact) mass is 298 g/mol. The lowest BCUT2D eigenvalue weighted by Crippen LogP contribution is -2.41. The molecule has 1 heterocycles. The van der Waals surface area contributed by atoms with Gasteiger partial charge in [0.25, 0.3) is 0 Å². The number of hydrogen-bond acceptors (Lipinski definition) is 2.